The van der Waals surface area contributed by atoms with Gasteiger partial charge in [0, 0.05) is 11.6 Å². The summed E-state index contributed by atoms with van der Waals surface area (Å²) in [6, 6.07) is 22.6. The molecule has 4 aromatic rings. The number of aromatic nitrogens is 1. The summed E-state index contributed by atoms with van der Waals surface area (Å²) in [5.41, 5.74) is 3.10. The molecule has 1 N–H and O–H groups in total. The van der Waals surface area contributed by atoms with Crippen LogP contribution >= 0.6 is 0 Å². The molecule has 0 aliphatic heterocycles. The molecule has 0 saturated heterocycles. The Bertz CT molecular complexity index is 975. The summed E-state index contributed by atoms with van der Waals surface area (Å²) in [6.45, 7) is 0. The van der Waals surface area contributed by atoms with Gasteiger partial charge in [-0.2, -0.15) is 0 Å². The van der Waals surface area contributed by atoms with E-state index in [4.69, 9.17) is 0 Å². The Morgan fingerprint density at radius 3 is 2.59 bits per heavy atom. The van der Waals surface area contributed by atoms with E-state index in [0.29, 0.717) is 5.52 Å². The second-order valence-electron chi connectivity index (χ2n) is 5.50. The normalized spacial score (nSPS) is 11.1. The number of phenolic OH excluding ortho intramolecular Hbond substituents is 1. The minimum Gasteiger partial charge on any atom is -0.506 e. The van der Waals surface area contributed by atoms with Gasteiger partial charge < -0.3 is 5.11 Å². The number of pyridine rings is 1. The summed E-state index contributed by atoms with van der Waals surface area (Å²) >= 11 is 0. The Hall–Kier alpha value is -2.87. The molecule has 0 saturated carbocycles. The molecule has 3 aromatic carbocycles. The maximum absolute atomic E-state index is 9.94. The molecule has 106 valence electrons. The highest BCUT2D eigenvalue weighted by Gasteiger charge is 2.07. The summed E-state index contributed by atoms with van der Waals surface area (Å²) in [7, 11) is 0. The van der Waals surface area contributed by atoms with E-state index < -0.39 is 0 Å². The molecule has 2 heteroatoms. The third-order valence-corrected chi connectivity index (χ3v) is 4.05. The molecule has 0 radical (unpaired) electrons. The second kappa shape index (κ2) is 5.15. The molecule has 1 heterocycles. The number of fused-ring (bicyclic) bond motifs is 2. The molecule has 0 aliphatic rings. The van der Waals surface area contributed by atoms with Gasteiger partial charge in [-0.15, -0.1) is 0 Å². The Balaban J connectivity index is 1.81. The molecule has 0 atom stereocenters. The Labute approximate surface area is 128 Å². The highest BCUT2D eigenvalue weighted by molar-refractivity contribution is 5.88. The summed E-state index contributed by atoms with van der Waals surface area (Å²) in [5, 5.41) is 13.5. The molecule has 0 fully saturated rings. The van der Waals surface area contributed by atoms with Gasteiger partial charge in [-0.1, -0.05) is 54.6 Å². The topological polar surface area (TPSA) is 33.1 Å². The van der Waals surface area contributed by atoms with E-state index in [1.54, 1.807) is 12.3 Å². The van der Waals surface area contributed by atoms with Crippen molar-refractivity contribution in [3.05, 3.63) is 84.1 Å². The first-order valence-electron chi connectivity index (χ1n) is 7.34. The predicted octanol–water partition coefficient (Wildman–Crippen LogP) is 4.68. The zero-order valence-electron chi connectivity index (χ0n) is 12.0. The summed E-state index contributed by atoms with van der Waals surface area (Å²) < 4.78 is 0. The SMILES string of the molecule is Oc1ccc(Cc2ccc3ccccc3c2)c2cccnc12. The van der Waals surface area contributed by atoms with Gasteiger partial charge in [0.15, 0.2) is 0 Å². The van der Waals surface area contributed by atoms with E-state index in [1.165, 1.54) is 21.9 Å². The summed E-state index contributed by atoms with van der Waals surface area (Å²) in [5.74, 6) is 0.234. The maximum Gasteiger partial charge on any atom is 0.141 e. The number of hydrogen-bond donors (Lipinski definition) is 1. The van der Waals surface area contributed by atoms with Gasteiger partial charge in [0.25, 0.3) is 0 Å². The molecule has 0 aliphatic carbocycles. The number of phenols is 1. The van der Waals surface area contributed by atoms with Crippen molar-refractivity contribution in [2.24, 2.45) is 0 Å². The van der Waals surface area contributed by atoms with Gasteiger partial charge in [-0.25, -0.2) is 0 Å². The smallest absolute Gasteiger partial charge is 0.141 e. The summed E-state index contributed by atoms with van der Waals surface area (Å²) in [6.07, 6.45) is 2.54. The van der Waals surface area contributed by atoms with Crippen LogP contribution in [0.3, 0.4) is 0 Å². The van der Waals surface area contributed by atoms with Crippen LogP contribution in [0.1, 0.15) is 11.1 Å². The van der Waals surface area contributed by atoms with Gasteiger partial charge in [0.1, 0.15) is 11.3 Å². The van der Waals surface area contributed by atoms with E-state index in [-0.39, 0.29) is 5.75 Å². The number of rotatable bonds is 2. The molecule has 0 spiro atoms. The van der Waals surface area contributed by atoms with Crippen molar-refractivity contribution >= 4 is 21.7 Å². The van der Waals surface area contributed by atoms with Gasteiger partial charge in [0.2, 0.25) is 0 Å². The van der Waals surface area contributed by atoms with E-state index in [1.807, 2.05) is 18.2 Å². The highest BCUT2D eigenvalue weighted by atomic mass is 16.3. The van der Waals surface area contributed by atoms with E-state index >= 15 is 0 Å². The van der Waals surface area contributed by atoms with Crippen LogP contribution in [0.2, 0.25) is 0 Å². The highest BCUT2D eigenvalue weighted by Crippen LogP contribution is 2.27. The van der Waals surface area contributed by atoms with Gasteiger partial charge in [-0.3, -0.25) is 4.98 Å². The fourth-order valence-electron chi connectivity index (χ4n) is 2.94. The van der Waals surface area contributed by atoms with Crippen LogP contribution < -0.4 is 0 Å². The van der Waals surface area contributed by atoms with Crippen LogP contribution in [-0.2, 0) is 6.42 Å². The standard InChI is InChI=1S/C20H15NO/c22-19-10-9-17(18-6-3-11-21-20(18)19)13-14-7-8-15-4-1-2-5-16(15)12-14/h1-12,22H,13H2. The fraction of sp³-hybridized carbons (Fsp3) is 0.0500. The van der Waals surface area contributed by atoms with E-state index in [2.05, 4.69) is 47.4 Å². The average molecular weight is 285 g/mol. The third kappa shape index (κ3) is 2.19. The number of hydrogen-bond acceptors (Lipinski definition) is 2. The van der Waals surface area contributed by atoms with E-state index in [0.717, 1.165) is 11.8 Å². The predicted molar refractivity (Wildman–Crippen MR) is 90.2 cm³/mol. The van der Waals surface area contributed by atoms with Crippen LogP contribution in [0.25, 0.3) is 21.7 Å². The van der Waals surface area contributed by atoms with E-state index in [9.17, 15) is 5.11 Å². The van der Waals surface area contributed by atoms with Crippen molar-refractivity contribution in [3.8, 4) is 5.75 Å². The van der Waals surface area contributed by atoms with Crippen LogP contribution in [0, 0.1) is 0 Å². The van der Waals surface area contributed by atoms with Gasteiger partial charge >= 0.3 is 0 Å². The first-order valence-corrected chi connectivity index (χ1v) is 7.34. The zero-order valence-corrected chi connectivity index (χ0v) is 12.0. The van der Waals surface area contributed by atoms with Crippen molar-refractivity contribution in [2.45, 2.75) is 6.42 Å². The molecule has 0 unspecified atom stereocenters. The Morgan fingerprint density at radius 1 is 0.818 bits per heavy atom. The molecule has 1 aromatic heterocycles. The van der Waals surface area contributed by atoms with Crippen molar-refractivity contribution in [1.82, 2.24) is 4.98 Å². The summed E-state index contributed by atoms with van der Waals surface area (Å²) in [4.78, 5) is 4.28. The molecule has 4 rings (SSSR count). The van der Waals surface area contributed by atoms with Crippen LogP contribution in [-0.4, -0.2) is 10.1 Å². The van der Waals surface area contributed by atoms with Gasteiger partial charge in [-0.05, 0) is 40.5 Å². The maximum atomic E-state index is 9.94. The monoisotopic (exact) mass is 285 g/mol. The first kappa shape index (κ1) is 12.8. The lowest BCUT2D eigenvalue weighted by atomic mass is 9.98. The first-order chi connectivity index (χ1) is 10.8. The minimum atomic E-state index is 0.234. The molecular formula is C20H15NO. The largest absolute Gasteiger partial charge is 0.506 e. The lowest BCUT2D eigenvalue weighted by Gasteiger charge is -2.08. The zero-order chi connectivity index (χ0) is 14.9. The third-order valence-electron chi connectivity index (χ3n) is 4.05. The number of benzene rings is 3. The lowest BCUT2D eigenvalue weighted by molar-refractivity contribution is 0.480. The van der Waals surface area contributed by atoms with Crippen LogP contribution in [0.15, 0.2) is 72.9 Å². The van der Waals surface area contributed by atoms with Crippen molar-refractivity contribution < 1.29 is 5.11 Å². The molecule has 0 bridgehead atoms. The van der Waals surface area contributed by atoms with Crippen LogP contribution in [0.4, 0.5) is 0 Å². The molecule has 22 heavy (non-hydrogen) atoms. The Kier molecular flexibility index (Phi) is 3.01. The minimum absolute atomic E-state index is 0.234. The number of aromatic hydroxyl groups is 1. The number of nitrogens with zero attached hydrogens (tertiary/aromatic N) is 1. The van der Waals surface area contributed by atoms with Crippen LogP contribution in [0.5, 0.6) is 5.75 Å². The van der Waals surface area contributed by atoms with Crippen molar-refractivity contribution in [3.63, 3.8) is 0 Å². The molecule has 2 nitrogen and oxygen atoms in total. The van der Waals surface area contributed by atoms with Gasteiger partial charge in [0.05, 0.1) is 0 Å². The van der Waals surface area contributed by atoms with Crippen molar-refractivity contribution in [2.75, 3.05) is 0 Å². The second-order valence-corrected chi connectivity index (χ2v) is 5.50. The fourth-order valence-corrected chi connectivity index (χ4v) is 2.94. The Morgan fingerprint density at radius 2 is 1.68 bits per heavy atom. The quantitative estimate of drug-likeness (QED) is 0.580. The average Bonchev–Trinajstić information content (AvgIpc) is 2.58. The molecule has 0 amide bonds. The van der Waals surface area contributed by atoms with Crippen molar-refractivity contribution in [1.29, 1.82) is 0 Å². The lowest BCUT2D eigenvalue weighted by Crippen LogP contribution is -1.91. The molecular weight excluding hydrogens is 270 g/mol.